The van der Waals surface area contributed by atoms with Gasteiger partial charge in [0, 0.05) is 43.4 Å². The van der Waals surface area contributed by atoms with Crippen LogP contribution in [0.1, 0.15) is 127 Å². The Morgan fingerprint density at radius 2 is 1.72 bits per heavy atom. The number of rotatable bonds is 16. The number of anilines is 1. The molecule has 0 saturated carbocycles. The predicted octanol–water partition coefficient (Wildman–Crippen LogP) is 8.97. The lowest BCUT2D eigenvalue weighted by Crippen LogP contribution is -2.56. The lowest BCUT2D eigenvalue weighted by atomic mass is 9.89. The molecule has 13 heteroatoms. The van der Waals surface area contributed by atoms with Crippen molar-refractivity contribution < 1.29 is 37.7 Å². The molecular formula is C45H59F2N5O6. The first-order valence-corrected chi connectivity index (χ1v) is 21.9. The number of phenolic OH excluding ortho intramolecular Hbond substituents is 1. The van der Waals surface area contributed by atoms with E-state index >= 15 is 4.39 Å². The van der Waals surface area contributed by atoms with Gasteiger partial charge in [-0.15, -0.1) is 0 Å². The number of carbonyl (C=O) groups is 2. The molecule has 5 heterocycles. The van der Waals surface area contributed by atoms with Crippen molar-refractivity contribution in [3.8, 4) is 22.9 Å². The third-order valence-corrected chi connectivity index (χ3v) is 13.6. The van der Waals surface area contributed by atoms with Crippen molar-refractivity contribution in [1.82, 2.24) is 19.8 Å². The Bertz CT molecular complexity index is 1970. The zero-order valence-corrected chi connectivity index (χ0v) is 34.2. The summed E-state index contributed by atoms with van der Waals surface area (Å²) in [6.45, 7) is 6.16. The number of aromatic hydroxyl groups is 1. The summed E-state index contributed by atoms with van der Waals surface area (Å²) < 4.78 is 48.9. The Morgan fingerprint density at radius 1 is 0.948 bits per heavy atom. The van der Waals surface area contributed by atoms with Crippen molar-refractivity contribution in [2.24, 2.45) is 0 Å². The first-order chi connectivity index (χ1) is 28.2. The summed E-state index contributed by atoms with van der Waals surface area (Å²) in [5, 5.41) is 11.2. The SMILES string of the molecule is CCCCCCCCCC(=O)OCOC(=O)N1C2CCC1CN(c1nc(OC[C@@]34CCCN3C[C@H](F)C4)nc3c(F)c(-c4cc(O)cc5c4C(CC)CC5)ccc13)C2. The van der Waals surface area contributed by atoms with Crippen LogP contribution in [0.2, 0.25) is 0 Å². The summed E-state index contributed by atoms with van der Waals surface area (Å²) in [7, 11) is 0. The first-order valence-electron chi connectivity index (χ1n) is 21.9. The van der Waals surface area contributed by atoms with E-state index in [2.05, 4.69) is 23.6 Å². The molecule has 1 amide bonds. The zero-order valence-electron chi connectivity index (χ0n) is 34.2. The molecule has 3 aromatic rings. The normalized spacial score (nSPS) is 25.0. The minimum Gasteiger partial charge on any atom is -0.508 e. The molecule has 4 aliphatic heterocycles. The molecule has 3 unspecified atom stereocenters. The number of aromatic nitrogens is 2. The monoisotopic (exact) mass is 803 g/mol. The van der Waals surface area contributed by atoms with Crippen LogP contribution in [0.4, 0.5) is 19.4 Å². The number of hydrogen-bond acceptors (Lipinski definition) is 10. The van der Waals surface area contributed by atoms with Crippen LogP contribution >= 0.6 is 0 Å². The van der Waals surface area contributed by atoms with Gasteiger partial charge in [-0.05, 0) is 98.7 Å². The van der Waals surface area contributed by atoms with Crippen LogP contribution in [0, 0.1) is 5.82 Å². The number of phenols is 1. The number of unbranched alkanes of at least 4 members (excludes halogenated alkanes) is 6. The Balaban J connectivity index is 1.01. The molecule has 58 heavy (non-hydrogen) atoms. The number of halogens is 2. The fourth-order valence-corrected chi connectivity index (χ4v) is 10.7. The molecule has 4 saturated heterocycles. The third kappa shape index (κ3) is 8.16. The van der Waals surface area contributed by atoms with E-state index < -0.39 is 30.4 Å². The van der Waals surface area contributed by atoms with E-state index in [9.17, 15) is 19.1 Å². The Labute approximate surface area is 340 Å². The number of hydrogen-bond donors (Lipinski definition) is 1. The van der Waals surface area contributed by atoms with Crippen LogP contribution < -0.4 is 9.64 Å². The number of carbonyl (C=O) groups excluding carboxylic acids is 2. The Kier molecular flexibility index (Phi) is 12.2. The van der Waals surface area contributed by atoms with Crippen molar-refractivity contribution >= 4 is 28.8 Å². The van der Waals surface area contributed by atoms with Gasteiger partial charge >= 0.3 is 18.1 Å². The fourth-order valence-electron chi connectivity index (χ4n) is 10.7. The van der Waals surface area contributed by atoms with E-state index in [1.165, 1.54) is 25.7 Å². The molecule has 0 radical (unpaired) electrons. The molecule has 5 aliphatic rings. The highest BCUT2D eigenvalue weighted by atomic mass is 19.1. The highest BCUT2D eigenvalue weighted by Gasteiger charge is 2.50. The summed E-state index contributed by atoms with van der Waals surface area (Å²) in [5.74, 6) is -0.000665. The summed E-state index contributed by atoms with van der Waals surface area (Å²) >= 11 is 0. The average Bonchev–Trinajstić information content (AvgIpc) is 3.95. The lowest BCUT2D eigenvalue weighted by molar-refractivity contribution is -0.152. The summed E-state index contributed by atoms with van der Waals surface area (Å²) in [6.07, 6.45) is 12.9. The summed E-state index contributed by atoms with van der Waals surface area (Å²) in [6, 6.07) is 6.71. The smallest absolute Gasteiger partial charge is 0.413 e. The maximum Gasteiger partial charge on any atom is 0.413 e. The quantitative estimate of drug-likeness (QED) is 0.0855. The number of nitrogens with zero attached hydrogens (tertiary/aromatic N) is 5. The topological polar surface area (TPSA) is 118 Å². The number of aryl methyl sites for hydroxylation is 1. The van der Waals surface area contributed by atoms with Crippen LogP contribution in [0.3, 0.4) is 0 Å². The Morgan fingerprint density at radius 3 is 2.50 bits per heavy atom. The average molecular weight is 804 g/mol. The van der Waals surface area contributed by atoms with Crippen molar-refractivity contribution in [1.29, 1.82) is 0 Å². The molecule has 2 aromatic carbocycles. The standard InChI is InChI=1S/C45H59F2N5O6/c1-3-5-6-7-8-9-10-12-38(54)57-28-58-44(55)52-32-15-16-33(52)26-50(25-32)42-36-18-17-35(37-22-34(53)21-30-14-13-29(4-2)39(30)37)40(47)41(36)48-43(49-42)56-27-45-19-11-20-51(45)24-31(46)23-45/h17-18,21-22,29,31-33,53H,3-16,19-20,23-28H2,1-2H3/t29?,31-,32?,33?,45+/m1/s1. The second kappa shape index (κ2) is 17.5. The van der Waals surface area contributed by atoms with Gasteiger partial charge in [-0.3, -0.25) is 14.6 Å². The number of esters is 1. The number of fused-ring (bicyclic) bond motifs is 5. The molecule has 1 aromatic heterocycles. The molecule has 11 nitrogen and oxygen atoms in total. The van der Waals surface area contributed by atoms with E-state index in [0.717, 1.165) is 81.9 Å². The molecule has 5 atom stereocenters. The number of amides is 1. The minimum atomic E-state index is -0.923. The number of benzene rings is 2. The van der Waals surface area contributed by atoms with Crippen LogP contribution in [-0.2, 0) is 20.7 Å². The summed E-state index contributed by atoms with van der Waals surface area (Å²) in [4.78, 5) is 41.3. The zero-order chi connectivity index (χ0) is 40.4. The summed E-state index contributed by atoms with van der Waals surface area (Å²) in [5.41, 5.74) is 2.84. The molecule has 4 fully saturated rings. The lowest BCUT2D eigenvalue weighted by Gasteiger charge is -2.41. The van der Waals surface area contributed by atoms with Gasteiger partial charge in [0.2, 0.25) is 6.79 Å². The van der Waals surface area contributed by atoms with E-state index in [1.54, 1.807) is 23.1 Å². The second-order valence-electron chi connectivity index (χ2n) is 17.3. The van der Waals surface area contributed by atoms with Gasteiger partial charge in [-0.1, -0.05) is 58.4 Å². The van der Waals surface area contributed by atoms with E-state index in [-0.39, 0.29) is 47.9 Å². The van der Waals surface area contributed by atoms with Crippen LogP contribution in [0.15, 0.2) is 24.3 Å². The molecule has 1 N–H and O–H groups in total. The molecule has 0 spiro atoms. The molecule has 314 valence electrons. The van der Waals surface area contributed by atoms with Crippen LogP contribution in [0.25, 0.3) is 22.0 Å². The molecule has 8 rings (SSSR count). The van der Waals surface area contributed by atoms with Crippen LogP contribution in [0.5, 0.6) is 11.8 Å². The van der Waals surface area contributed by atoms with Gasteiger partial charge in [0.1, 0.15) is 29.9 Å². The molecule has 2 bridgehead atoms. The van der Waals surface area contributed by atoms with Gasteiger partial charge in [-0.25, -0.2) is 13.6 Å². The Hall–Kier alpha value is -4.26. The van der Waals surface area contributed by atoms with Gasteiger partial charge in [-0.2, -0.15) is 9.97 Å². The van der Waals surface area contributed by atoms with Gasteiger partial charge in [0.25, 0.3) is 0 Å². The van der Waals surface area contributed by atoms with Gasteiger partial charge in [0.15, 0.2) is 5.82 Å². The largest absolute Gasteiger partial charge is 0.508 e. The minimum absolute atomic E-state index is 0.0298. The number of piperazine rings is 1. The maximum absolute atomic E-state index is 17.2. The molecular weight excluding hydrogens is 745 g/mol. The van der Waals surface area contributed by atoms with Crippen LogP contribution in [-0.4, -0.2) is 100 Å². The van der Waals surface area contributed by atoms with Crippen molar-refractivity contribution in [3.63, 3.8) is 0 Å². The first kappa shape index (κ1) is 40.5. The highest BCUT2D eigenvalue weighted by molar-refractivity contribution is 5.94. The predicted molar refractivity (Wildman–Crippen MR) is 217 cm³/mol. The maximum atomic E-state index is 17.2. The van der Waals surface area contributed by atoms with E-state index in [1.807, 2.05) is 6.07 Å². The third-order valence-electron chi connectivity index (χ3n) is 13.6. The van der Waals surface area contributed by atoms with Crippen molar-refractivity contribution in [2.45, 2.75) is 146 Å². The van der Waals surface area contributed by atoms with Gasteiger partial charge in [0.05, 0.1) is 17.6 Å². The van der Waals surface area contributed by atoms with Crippen molar-refractivity contribution in [3.05, 3.63) is 41.2 Å². The molecule has 1 aliphatic carbocycles. The van der Waals surface area contributed by atoms with Crippen molar-refractivity contribution in [2.75, 3.05) is 44.5 Å². The second-order valence-corrected chi connectivity index (χ2v) is 17.3. The van der Waals surface area contributed by atoms with E-state index in [0.29, 0.717) is 54.8 Å². The number of alkyl halides is 1. The van der Waals surface area contributed by atoms with Gasteiger partial charge < -0.3 is 24.2 Å². The highest BCUT2D eigenvalue weighted by Crippen LogP contribution is 2.46. The van der Waals surface area contributed by atoms with E-state index in [4.69, 9.17) is 24.2 Å². The fraction of sp³-hybridized carbons (Fsp3) is 0.644. The number of ether oxygens (including phenoxy) is 3.